The highest BCUT2D eigenvalue weighted by atomic mass is 35.5. The third-order valence-electron chi connectivity index (χ3n) is 4.48. The van der Waals surface area contributed by atoms with Gasteiger partial charge in [0.1, 0.15) is 4.90 Å². The molecule has 3 heterocycles. The SMILES string of the molecule is O=S(=O)(c1cnn(-c2ncc(C(F)(F)F)cc2Cl)c1)N1CCC(C(F)(F)F)CC1. The Bertz CT molecular complexity index is 997. The summed E-state index contributed by atoms with van der Waals surface area (Å²) in [5.41, 5.74) is -1.08. The van der Waals surface area contributed by atoms with Crippen molar-refractivity contribution in [1.82, 2.24) is 19.1 Å². The molecule has 0 radical (unpaired) electrons. The predicted molar refractivity (Wildman–Crippen MR) is 88.9 cm³/mol. The average Bonchev–Trinajstić information content (AvgIpc) is 3.11. The van der Waals surface area contributed by atoms with Crippen molar-refractivity contribution < 1.29 is 34.8 Å². The van der Waals surface area contributed by atoms with Crippen LogP contribution in [-0.2, 0) is 16.2 Å². The number of aromatic nitrogens is 3. The van der Waals surface area contributed by atoms with Gasteiger partial charge in [-0.15, -0.1) is 0 Å². The van der Waals surface area contributed by atoms with Gasteiger partial charge in [-0.1, -0.05) is 11.6 Å². The Balaban J connectivity index is 1.81. The Kier molecular flexibility index (Phi) is 5.60. The van der Waals surface area contributed by atoms with Gasteiger partial charge in [-0.05, 0) is 18.9 Å². The van der Waals surface area contributed by atoms with Crippen LogP contribution in [0.15, 0.2) is 29.6 Å². The first kappa shape index (κ1) is 21.8. The van der Waals surface area contributed by atoms with E-state index >= 15 is 0 Å². The van der Waals surface area contributed by atoms with Crippen molar-refractivity contribution in [1.29, 1.82) is 0 Å². The van der Waals surface area contributed by atoms with E-state index in [4.69, 9.17) is 11.6 Å². The Morgan fingerprint density at radius 2 is 1.69 bits per heavy atom. The fourth-order valence-electron chi connectivity index (χ4n) is 2.88. The average molecular weight is 463 g/mol. The van der Waals surface area contributed by atoms with E-state index in [0.717, 1.165) is 21.4 Å². The molecule has 2 aromatic rings. The van der Waals surface area contributed by atoms with E-state index in [-0.39, 0.29) is 36.6 Å². The molecule has 6 nitrogen and oxygen atoms in total. The van der Waals surface area contributed by atoms with E-state index in [1.54, 1.807) is 0 Å². The van der Waals surface area contributed by atoms with Crippen LogP contribution >= 0.6 is 11.6 Å². The molecule has 1 aliphatic heterocycles. The van der Waals surface area contributed by atoms with Gasteiger partial charge in [0.2, 0.25) is 10.0 Å². The monoisotopic (exact) mass is 462 g/mol. The normalized spacial score (nSPS) is 17.6. The first-order chi connectivity index (χ1) is 13.3. The van der Waals surface area contributed by atoms with Crippen LogP contribution in [-0.4, -0.2) is 46.8 Å². The standard InChI is InChI=1S/C15H13ClF6N4O2S/c16-12-5-10(15(20,21)22)6-23-13(12)26-8-11(7-24-26)29(27,28)25-3-1-9(2-4-25)14(17,18)19/h5-9H,1-4H2. The fraction of sp³-hybridized carbons (Fsp3) is 0.467. The number of sulfonamides is 1. The maximum Gasteiger partial charge on any atom is 0.417 e. The maximum absolute atomic E-state index is 12.7. The second-order valence-electron chi connectivity index (χ2n) is 6.37. The molecule has 0 spiro atoms. The van der Waals surface area contributed by atoms with Crippen molar-refractivity contribution in [3.63, 3.8) is 0 Å². The van der Waals surface area contributed by atoms with Crippen molar-refractivity contribution in [3.8, 4) is 5.82 Å². The minimum Gasteiger partial charge on any atom is -0.235 e. The number of hydrogen-bond acceptors (Lipinski definition) is 4. The van der Waals surface area contributed by atoms with E-state index in [9.17, 15) is 34.8 Å². The Morgan fingerprint density at radius 3 is 2.21 bits per heavy atom. The van der Waals surface area contributed by atoms with Gasteiger partial charge >= 0.3 is 12.4 Å². The zero-order valence-electron chi connectivity index (χ0n) is 14.4. The van der Waals surface area contributed by atoms with E-state index in [0.29, 0.717) is 12.3 Å². The van der Waals surface area contributed by atoms with Crippen LogP contribution in [0.5, 0.6) is 0 Å². The van der Waals surface area contributed by atoms with Gasteiger partial charge in [-0.3, -0.25) is 0 Å². The van der Waals surface area contributed by atoms with Crippen molar-refractivity contribution in [3.05, 3.63) is 35.2 Å². The summed E-state index contributed by atoms with van der Waals surface area (Å²) in [7, 11) is -4.13. The number of halogens is 7. The highest BCUT2D eigenvalue weighted by molar-refractivity contribution is 7.89. The van der Waals surface area contributed by atoms with Crippen LogP contribution in [0.3, 0.4) is 0 Å². The summed E-state index contributed by atoms with van der Waals surface area (Å²) < 4.78 is 103. The molecule has 29 heavy (non-hydrogen) atoms. The molecule has 1 fully saturated rings. The second-order valence-corrected chi connectivity index (χ2v) is 8.71. The zero-order chi connectivity index (χ0) is 21.6. The highest BCUT2D eigenvalue weighted by Gasteiger charge is 2.43. The first-order valence-electron chi connectivity index (χ1n) is 8.15. The highest BCUT2D eigenvalue weighted by Crippen LogP contribution is 2.36. The number of alkyl halides is 6. The Morgan fingerprint density at radius 1 is 1.07 bits per heavy atom. The quantitative estimate of drug-likeness (QED) is 0.649. The lowest BCUT2D eigenvalue weighted by Gasteiger charge is -2.31. The summed E-state index contributed by atoms with van der Waals surface area (Å²) in [6.07, 6.45) is -7.30. The largest absolute Gasteiger partial charge is 0.417 e. The summed E-state index contributed by atoms with van der Waals surface area (Å²) in [6.45, 7) is -0.617. The van der Waals surface area contributed by atoms with E-state index in [1.165, 1.54) is 0 Å². The molecule has 0 aromatic carbocycles. The first-order valence-corrected chi connectivity index (χ1v) is 9.96. The minimum atomic E-state index is -4.66. The number of hydrogen-bond donors (Lipinski definition) is 0. The number of nitrogens with zero attached hydrogens (tertiary/aromatic N) is 4. The maximum atomic E-state index is 12.7. The minimum absolute atomic E-state index is 0.225. The van der Waals surface area contributed by atoms with Gasteiger partial charge in [0.05, 0.1) is 28.9 Å². The molecule has 1 aliphatic rings. The molecule has 3 rings (SSSR count). The lowest BCUT2D eigenvalue weighted by Crippen LogP contribution is -2.41. The van der Waals surface area contributed by atoms with Crippen LogP contribution < -0.4 is 0 Å². The number of pyridine rings is 1. The molecule has 0 unspecified atom stereocenters. The fourth-order valence-corrected chi connectivity index (χ4v) is 4.54. The molecule has 1 saturated heterocycles. The van der Waals surface area contributed by atoms with Crippen molar-refractivity contribution in [2.75, 3.05) is 13.1 Å². The summed E-state index contributed by atoms with van der Waals surface area (Å²) in [4.78, 5) is 3.24. The zero-order valence-corrected chi connectivity index (χ0v) is 15.9. The van der Waals surface area contributed by atoms with Crippen LogP contribution in [0, 0.1) is 5.92 Å². The third-order valence-corrected chi connectivity index (χ3v) is 6.61. The van der Waals surface area contributed by atoms with Gasteiger partial charge in [0, 0.05) is 19.3 Å². The van der Waals surface area contributed by atoms with Crippen LogP contribution in [0.4, 0.5) is 26.3 Å². The molecular weight excluding hydrogens is 450 g/mol. The van der Waals surface area contributed by atoms with Gasteiger partial charge in [0.25, 0.3) is 0 Å². The van der Waals surface area contributed by atoms with Crippen LogP contribution in [0.1, 0.15) is 18.4 Å². The van der Waals surface area contributed by atoms with E-state index in [1.807, 2.05) is 0 Å². The molecule has 160 valence electrons. The third kappa shape index (κ3) is 4.51. The summed E-state index contributed by atoms with van der Waals surface area (Å²) in [5, 5.41) is 3.35. The van der Waals surface area contributed by atoms with Crippen LogP contribution in [0.25, 0.3) is 5.82 Å². The predicted octanol–water partition coefficient (Wildman–Crippen LogP) is 3.90. The van der Waals surface area contributed by atoms with Gasteiger partial charge < -0.3 is 0 Å². The molecule has 0 atom stereocenters. The van der Waals surface area contributed by atoms with E-state index < -0.39 is 38.9 Å². The smallest absolute Gasteiger partial charge is 0.235 e. The van der Waals surface area contributed by atoms with Crippen molar-refractivity contribution >= 4 is 21.6 Å². The Labute approximate surface area is 166 Å². The molecule has 14 heteroatoms. The summed E-state index contributed by atoms with van der Waals surface area (Å²) in [6, 6.07) is 0.627. The van der Waals surface area contributed by atoms with Gasteiger partial charge in [0.15, 0.2) is 5.82 Å². The van der Waals surface area contributed by atoms with E-state index in [2.05, 4.69) is 10.1 Å². The summed E-state index contributed by atoms with van der Waals surface area (Å²) >= 11 is 5.81. The van der Waals surface area contributed by atoms with Gasteiger partial charge in [-0.25, -0.2) is 18.1 Å². The molecule has 0 aliphatic carbocycles. The topological polar surface area (TPSA) is 68.1 Å². The summed E-state index contributed by atoms with van der Waals surface area (Å²) in [5.74, 6) is -1.79. The van der Waals surface area contributed by atoms with Crippen LogP contribution in [0.2, 0.25) is 5.02 Å². The molecule has 0 saturated carbocycles. The lowest BCUT2D eigenvalue weighted by molar-refractivity contribution is -0.182. The lowest BCUT2D eigenvalue weighted by atomic mass is 9.98. The van der Waals surface area contributed by atoms with Crippen molar-refractivity contribution in [2.45, 2.75) is 30.1 Å². The Hall–Kier alpha value is -1.86. The molecular formula is C15H13ClF6N4O2S. The second kappa shape index (κ2) is 7.43. The molecule has 0 bridgehead atoms. The molecule has 2 aromatic heterocycles. The molecule has 0 amide bonds. The van der Waals surface area contributed by atoms with Crippen molar-refractivity contribution in [2.24, 2.45) is 5.92 Å². The van der Waals surface area contributed by atoms with Gasteiger partial charge in [-0.2, -0.15) is 35.7 Å². The molecule has 0 N–H and O–H groups in total. The number of rotatable bonds is 3. The number of piperidine rings is 1.